The first-order valence-electron chi connectivity index (χ1n) is 6.74. The smallest absolute Gasteiger partial charge is 0.0270 e. The third-order valence-corrected chi connectivity index (χ3v) is 3.39. The summed E-state index contributed by atoms with van der Waals surface area (Å²) >= 11 is 0. The van der Waals surface area contributed by atoms with Crippen molar-refractivity contribution in [2.75, 3.05) is 26.2 Å². The summed E-state index contributed by atoms with van der Waals surface area (Å²) in [6.45, 7) is 6.81. The first kappa shape index (κ1) is 12.5. The SMILES string of the molecule is CCN(CCNCCc1ccncc1)C1CC1. The lowest BCUT2D eigenvalue weighted by Crippen LogP contribution is -2.34. The molecule has 1 fully saturated rings. The normalized spacial score (nSPS) is 15.4. The van der Waals surface area contributed by atoms with Gasteiger partial charge in [0.05, 0.1) is 0 Å². The van der Waals surface area contributed by atoms with Crippen molar-refractivity contribution < 1.29 is 0 Å². The van der Waals surface area contributed by atoms with Crippen molar-refractivity contribution in [2.45, 2.75) is 32.2 Å². The maximum Gasteiger partial charge on any atom is 0.0270 e. The number of rotatable bonds is 8. The number of nitrogens with one attached hydrogen (secondary N) is 1. The lowest BCUT2D eigenvalue weighted by atomic mass is 10.2. The number of pyridine rings is 1. The summed E-state index contributed by atoms with van der Waals surface area (Å²) in [6.07, 6.45) is 7.64. The quantitative estimate of drug-likeness (QED) is 0.693. The van der Waals surface area contributed by atoms with Crippen molar-refractivity contribution in [3.05, 3.63) is 30.1 Å². The molecule has 0 saturated heterocycles. The van der Waals surface area contributed by atoms with Crippen molar-refractivity contribution in [2.24, 2.45) is 0 Å². The molecule has 0 aliphatic heterocycles. The minimum Gasteiger partial charge on any atom is -0.315 e. The molecule has 0 radical (unpaired) electrons. The molecule has 0 atom stereocenters. The molecule has 2 rings (SSSR count). The highest BCUT2D eigenvalue weighted by molar-refractivity contribution is 5.09. The first-order chi connectivity index (χ1) is 8.40. The summed E-state index contributed by atoms with van der Waals surface area (Å²) in [5, 5.41) is 3.52. The van der Waals surface area contributed by atoms with Crippen LogP contribution in [0.25, 0.3) is 0 Å². The number of aromatic nitrogens is 1. The van der Waals surface area contributed by atoms with Gasteiger partial charge in [-0.2, -0.15) is 0 Å². The monoisotopic (exact) mass is 233 g/mol. The summed E-state index contributed by atoms with van der Waals surface area (Å²) in [5.74, 6) is 0. The zero-order chi connectivity index (χ0) is 11.9. The third kappa shape index (κ3) is 4.44. The summed E-state index contributed by atoms with van der Waals surface area (Å²) in [4.78, 5) is 6.61. The van der Waals surface area contributed by atoms with E-state index in [-0.39, 0.29) is 0 Å². The molecule has 0 amide bonds. The lowest BCUT2D eigenvalue weighted by Gasteiger charge is -2.19. The van der Waals surface area contributed by atoms with E-state index in [4.69, 9.17) is 0 Å². The van der Waals surface area contributed by atoms with Crippen LogP contribution in [0, 0.1) is 0 Å². The van der Waals surface area contributed by atoms with Gasteiger partial charge >= 0.3 is 0 Å². The van der Waals surface area contributed by atoms with E-state index < -0.39 is 0 Å². The van der Waals surface area contributed by atoms with Gasteiger partial charge in [0.15, 0.2) is 0 Å². The molecule has 94 valence electrons. The van der Waals surface area contributed by atoms with Crippen LogP contribution in [0.2, 0.25) is 0 Å². The number of likely N-dealkylation sites (N-methyl/N-ethyl adjacent to an activating group) is 1. The van der Waals surface area contributed by atoms with Crippen LogP contribution in [0.4, 0.5) is 0 Å². The molecular formula is C14H23N3. The molecule has 0 unspecified atom stereocenters. The van der Waals surface area contributed by atoms with Gasteiger partial charge in [-0.05, 0) is 50.0 Å². The van der Waals surface area contributed by atoms with E-state index >= 15 is 0 Å². The Morgan fingerprint density at radius 2 is 2.06 bits per heavy atom. The minimum absolute atomic E-state index is 0.891. The Hall–Kier alpha value is -0.930. The first-order valence-corrected chi connectivity index (χ1v) is 6.74. The van der Waals surface area contributed by atoms with Crippen molar-refractivity contribution in [3.8, 4) is 0 Å². The Labute approximate surface area is 104 Å². The van der Waals surface area contributed by atoms with E-state index in [0.717, 1.165) is 25.6 Å². The maximum atomic E-state index is 4.02. The molecular weight excluding hydrogens is 210 g/mol. The third-order valence-electron chi connectivity index (χ3n) is 3.39. The van der Waals surface area contributed by atoms with Crippen LogP contribution in [-0.4, -0.2) is 42.1 Å². The summed E-state index contributed by atoms with van der Waals surface area (Å²) in [6, 6.07) is 5.07. The largest absolute Gasteiger partial charge is 0.315 e. The maximum absolute atomic E-state index is 4.02. The van der Waals surface area contributed by atoms with Crippen molar-refractivity contribution in [1.82, 2.24) is 15.2 Å². The molecule has 0 bridgehead atoms. The van der Waals surface area contributed by atoms with Gasteiger partial charge in [-0.1, -0.05) is 6.92 Å². The van der Waals surface area contributed by atoms with Crippen LogP contribution in [0.3, 0.4) is 0 Å². The van der Waals surface area contributed by atoms with Crippen LogP contribution in [0.1, 0.15) is 25.3 Å². The van der Waals surface area contributed by atoms with E-state index in [0.29, 0.717) is 0 Å². The second-order valence-electron chi connectivity index (χ2n) is 4.72. The fraction of sp³-hybridized carbons (Fsp3) is 0.643. The van der Waals surface area contributed by atoms with Crippen LogP contribution in [0.5, 0.6) is 0 Å². The second kappa shape index (κ2) is 6.72. The average molecular weight is 233 g/mol. The fourth-order valence-corrected chi connectivity index (χ4v) is 2.17. The fourth-order valence-electron chi connectivity index (χ4n) is 2.17. The molecule has 1 aliphatic carbocycles. The van der Waals surface area contributed by atoms with Gasteiger partial charge in [0.2, 0.25) is 0 Å². The highest BCUT2D eigenvalue weighted by Gasteiger charge is 2.26. The van der Waals surface area contributed by atoms with Gasteiger partial charge < -0.3 is 5.32 Å². The van der Waals surface area contributed by atoms with Crippen LogP contribution in [-0.2, 0) is 6.42 Å². The summed E-state index contributed by atoms with van der Waals surface area (Å²) in [7, 11) is 0. The van der Waals surface area contributed by atoms with Gasteiger partial charge in [-0.3, -0.25) is 9.88 Å². The zero-order valence-electron chi connectivity index (χ0n) is 10.7. The predicted molar refractivity (Wildman–Crippen MR) is 71.1 cm³/mol. The van der Waals surface area contributed by atoms with Gasteiger partial charge in [-0.15, -0.1) is 0 Å². The summed E-state index contributed by atoms with van der Waals surface area (Å²) in [5.41, 5.74) is 1.36. The van der Waals surface area contributed by atoms with Gasteiger partial charge in [0.25, 0.3) is 0 Å². The zero-order valence-corrected chi connectivity index (χ0v) is 10.7. The van der Waals surface area contributed by atoms with Crippen molar-refractivity contribution in [3.63, 3.8) is 0 Å². The Kier molecular flexibility index (Phi) is 4.95. The van der Waals surface area contributed by atoms with E-state index in [1.54, 1.807) is 0 Å². The average Bonchev–Trinajstić information content (AvgIpc) is 3.19. The Bertz CT molecular complexity index is 309. The van der Waals surface area contributed by atoms with Gasteiger partial charge in [0, 0.05) is 31.5 Å². The Morgan fingerprint density at radius 3 is 2.71 bits per heavy atom. The van der Waals surface area contributed by atoms with E-state index in [1.807, 2.05) is 12.4 Å². The highest BCUT2D eigenvalue weighted by Crippen LogP contribution is 2.25. The molecule has 3 nitrogen and oxygen atoms in total. The van der Waals surface area contributed by atoms with Crippen LogP contribution >= 0.6 is 0 Å². The molecule has 17 heavy (non-hydrogen) atoms. The standard InChI is InChI=1S/C14H23N3/c1-2-17(14-3-4-14)12-11-16-10-7-13-5-8-15-9-6-13/h5-6,8-9,14,16H,2-4,7,10-12H2,1H3. The topological polar surface area (TPSA) is 28.2 Å². The van der Waals surface area contributed by atoms with Crippen LogP contribution in [0.15, 0.2) is 24.5 Å². The molecule has 1 aliphatic rings. The molecule has 1 heterocycles. The molecule has 1 aromatic heterocycles. The molecule has 0 aromatic carbocycles. The summed E-state index contributed by atoms with van der Waals surface area (Å²) < 4.78 is 0. The van der Waals surface area contributed by atoms with Crippen molar-refractivity contribution >= 4 is 0 Å². The van der Waals surface area contributed by atoms with E-state index in [1.165, 1.54) is 31.5 Å². The predicted octanol–water partition coefficient (Wildman–Crippen LogP) is 1.70. The van der Waals surface area contributed by atoms with Gasteiger partial charge in [-0.25, -0.2) is 0 Å². The van der Waals surface area contributed by atoms with Gasteiger partial charge in [0.1, 0.15) is 0 Å². The molecule has 1 saturated carbocycles. The number of hydrogen-bond donors (Lipinski definition) is 1. The Balaban J connectivity index is 1.54. The highest BCUT2D eigenvalue weighted by atomic mass is 15.2. The van der Waals surface area contributed by atoms with Crippen molar-refractivity contribution in [1.29, 1.82) is 0 Å². The van der Waals surface area contributed by atoms with Crippen LogP contribution < -0.4 is 5.32 Å². The Morgan fingerprint density at radius 1 is 1.29 bits per heavy atom. The molecule has 1 N–H and O–H groups in total. The number of hydrogen-bond acceptors (Lipinski definition) is 3. The lowest BCUT2D eigenvalue weighted by molar-refractivity contribution is 0.277. The number of nitrogens with zero attached hydrogens (tertiary/aromatic N) is 2. The minimum atomic E-state index is 0.891. The van der Waals surface area contributed by atoms with E-state index in [2.05, 4.69) is 34.3 Å². The molecule has 1 aromatic rings. The molecule has 0 spiro atoms. The molecule has 3 heteroatoms. The van der Waals surface area contributed by atoms with E-state index in [9.17, 15) is 0 Å². The second-order valence-corrected chi connectivity index (χ2v) is 4.72.